The molecule has 1 atom stereocenters. The maximum atomic E-state index is 5.21. The van der Waals surface area contributed by atoms with Crippen molar-refractivity contribution in [2.75, 3.05) is 19.0 Å². The van der Waals surface area contributed by atoms with Crippen LogP contribution in [-0.2, 0) is 4.74 Å². The minimum Gasteiger partial charge on any atom is -0.383 e. The average Bonchev–Trinajstić information content (AvgIpc) is 3.20. The monoisotopic (exact) mass is 346 g/mol. The second kappa shape index (κ2) is 6.78. The highest BCUT2D eigenvalue weighted by atomic mass is 32.1. The fourth-order valence-corrected chi connectivity index (χ4v) is 3.62. The molecule has 3 heterocycles. The molecule has 0 spiro atoms. The molecule has 0 bridgehead atoms. The van der Waals surface area contributed by atoms with Gasteiger partial charge in [0.25, 0.3) is 0 Å². The van der Waals surface area contributed by atoms with Crippen molar-refractivity contribution in [3.8, 4) is 17.1 Å². The van der Waals surface area contributed by atoms with Crippen LogP contribution in [0.25, 0.3) is 17.1 Å². The van der Waals surface area contributed by atoms with E-state index in [1.165, 1.54) is 0 Å². The van der Waals surface area contributed by atoms with Gasteiger partial charge in [0.05, 0.1) is 12.3 Å². The molecule has 0 aromatic carbocycles. The van der Waals surface area contributed by atoms with Crippen LogP contribution in [0.2, 0.25) is 0 Å². The van der Waals surface area contributed by atoms with E-state index in [2.05, 4.69) is 47.3 Å². The Morgan fingerprint density at radius 1 is 1.33 bits per heavy atom. The fourth-order valence-electron chi connectivity index (χ4n) is 2.80. The van der Waals surface area contributed by atoms with Gasteiger partial charge in [0.1, 0.15) is 5.76 Å². The minimum absolute atomic E-state index is 0.222. The largest absolute Gasteiger partial charge is 0.383 e. The number of thiazole rings is 1. The Kier molecular flexibility index (Phi) is 4.73. The van der Waals surface area contributed by atoms with E-state index < -0.39 is 0 Å². The second-order valence-corrected chi connectivity index (χ2v) is 6.81. The molecule has 6 nitrogen and oxygen atoms in total. The van der Waals surface area contributed by atoms with E-state index in [9.17, 15) is 0 Å². The summed E-state index contributed by atoms with van der Waals surface area (Å²) in [7, 11) is 1.70. The van der Waals surface area contributed by atoms with Crippen molar-refractivity contribution in [2.45, 2.75) is 33.7 Å². The van der Waals surface area contributed by atoms with Crippen LogP contribution in [0.4, 0.5) is 5.13 Å². The summed E-state index contributed by atoms with van der Waals surface area (Å²) in [5.41, 5.74) is 4.28. The third-order valence-corrected chi connectivity index (χ3v) is 4.62. The van der Waals surface area contributed by atoms with Crippen molar-refractivity contribution in [2.24, 2.45) is 0 Å². The van der Waals surface area contributed by atoms with E-state index in [0.717, 1.165) is 39.4 Å². The first-order valence-corrected chi connectivity index (χ1v) is 8.71. The number of ether oxygens (including phenoxy) is 1. The molecule has 128 valence electrons. The van der Waals surface area contributed by atoms with Crippen LogP contribution in [0.5, 0.6) is 0 Å². The molecule has 3 rings (SSSR count). The van der Waals surface area contributed by atoms with Crippen molar-refractivity contribution in [1.29, 1.82) is 0 Å². The Labute approximate surface area is 145 Å². The molecule has 3 aromatic heterocycles. The van der Waals surface area contributed by atoms with E-state index in [1.807, 2.05) is 13.0 Å². The molecular formula is C17H22N4O2S. The number of anilines is 1. The van der Waals surface area contributed by atoms with Crippen molar-refractivity contribution >= 4 is 16.5 Å². The molecule has 3 aromatic rings. The first-order chi connectivity index (χ1) is 11.5. The molecule has 0 amide bonds. The van der Waals surface area contributed by atoms with Crippen LogP contribution in [0.15, 0.2) is 22.0 Å². The van der Waals surface area contributed by atoms with Gasteiger partial charge in [-0.1, -0.05) is 5.16 Å². The highest BCUT2D eigenvalue weighted by Gasteiger charge is 2.17. The molecule has 24 heavy (non-hydrogen) atoms. The Morgan fingerprint density at radius 3 is 2.79 bits per heavy atom. The van der Waals surface area contributed by atoms with E-state index in [-0.39, 0.29) is 6.04 Å². The molecule has 0 aliphatic carbocycles. The van der Waals surface area contributed by atoms with Crippen LogP contribution in [0.1, 0.15) is 24.1 Å². The molecule has 0 fully saturated rings. The summed E-state index contributed by atoms with van der Waals surface area (Å²) in [6, 6.07) is 4.29. The maximum absolute atomic E-state index is 5.21. The van der Waals surface area contributed by atoms with Crippen LogP contribution >= 0.6 is 11.3 Å². The number of methoxy groups -OCH3 is 1. The zero-order valence-corrected chi connectivity index (χ0v) is 15.4. The van der Waals surface area contributed by atoms with E-state index in [1.54, 1.807) is 18.4 Å². The SMILES string of the molecule is COC[C@@H](C)Nc1nc(-c2cc(C)n(-c3cc(C)on3)c2C)cs1. The zero-order chi connectivity index (χ0) is 17.3. The Balaban J connectivity index is 1.90. The van der Waals surface area contributed by atoms with Gasteiger partial charge in [-0.15, -0.1) is 11.3 Å². The summed E-state index contributed by atoms with van der Waals surface area (Å²) in [6.45, 7) is 8.75. The lowest BCUT2D eigenvalue weighted by Gasteiger charge is -2.10. The van der Waals surface area contributed by atoms with Crippen molar-refractivity contribution < 1.29 is 9.26 Å². The molecule has 0 radical (unpaired) electrons. The minimum atomic E-state index is 0.222. The van der Waals surface area contributed by atoms with Gasteiger partial charge in [-0.3, -0.25) is 4.57 Å². The van der Waals surface area contributed by atoms with Gasteiger partial charge >= 0.3 is 0 Å². The predicted molar refractivity (Wildman–Crippen MR) is 96.1 cm³/mol. The van der Waals surface area contributed by atoms with Crippen LogP contribution < -0.4 is 5.32 Å². The van der Waals surface area contributed by atoms with E-state index in [0.29, 0.717) is 6.61 Å². The lowest BCUT2D eigenvalue weighted by molar-refractivity contribution is 0.190. The summed E-state index contributed by atoms with van der Waals surface area (Å²) in [4.78, 5) is 4.71. The number of hydrogen-bond acceptors (Lipinski definition) is 6. The van der Waals surface area contributed by atoms with E-state index >= 15 is 0 Å². The Hall–Kier alpha value is -2.12. The van der Waals surface area contributed by atoms with Gasteiger partial charge in [-0.05, 0) is 33.8 Å². The smallest absolute Gasteiger partial charge is 0.183 e. The lowest BCUT2D eigenvalue weighted by Crippen LogP contribution is -2.20. The van der Waals surface area contributed by atoms with Crippen molar-refractivity contribution in [3.05, 3.63) is 34.7 Å². The lowest BCUT2D eigenvalue weighted by atomic mass is 10.2. The van der Waals surface area contributed by atoms with Crippen LogP contribution in [-0.4, -0.2) is 34.5 Å². The summed E-state index contributed by atoms with van der Waals surface area (Å²) >= 11 is 1.60. The van der Waals surface area contributed by atoms with Gasteiger partial charge in [-0.25, -0.2) is 4.98 Å². The molecule has 1 N–H and O–H groups in total. The van der Waals surface area contributed by atoms with E-state index in [4.69, 9.17) is 14.2 Å². The first kappa shape index (κ1) is 16.7. The molecule has 7 heteroatoms. The number of nitrogens with one attached hydrogen (secondary N) is 1. The Bertz CT molecular complexity index is 834. The maximum Gasteiger partial charge on any atom is 0.183 e. The predicted octanol–water partition coefficient (Wildman–Crippen LogP) is 3.96. The number of rotatable bonds is 6. The van der Waals surface area contributed by atoms with Gasteiger partial charge < -0.3 is 14.6 Å². The van der Waals surface area contributed by atoms with Gasteiger partial charge in [-0.2, -0.15) is 0 Å². The summed E-state index contributed by atoms with van der Waals surface area (Å²) in [5, 5.41) is 10.5. The normalized spacial score (nSPS) is 12.5. The molecule has 0 saturated heterocycles. The van der Waals surface area contributed by atoms with Crippen LogP contribution in [0, 0.1) is 20.8 Å². The summed E-state index contributed by atoms with van der Waals surface area (Å²) in [5.74, 6) is 1.60. The molecule has 0 aliphatic rings. The number of nitrogens with zero attached hydrogens (tertiary/aromatic N) is 3. The summed E-state index contributed by atoms with van der Waals surface area (Å²) in [6.07, 6.45) is 0. The van der Waals surface area contributed by atoms with Crippen LogP contribution in [0.3, 0.4) is 0 Å². The number of hydrogen-bond donors (Lipinski definition) is 1. The highest BCUT2D eigenvalue weighted by Crippen LogP contribution is 2.31. The molecular weight excluding hydrogens is 324 g/mol. The third kappa shape index (κ3) is 3.22. The zero-order valence-electron chi connectivity index (χ0n) is 14.6. The van der Waals surface area contributed by atoms with Gasteiger partial charge in [0.15, 0.2) is 10.9 Å². The number of aromatic nitrogens is 3. The van der Waals surface area contributed by atoms with Crippen molar-refractivity contribution in [3.63, 3.8) is 0 Å². The summed E-state index contributed by atoms with van der Waals surface area (Å²) < 4.78 is 12.4. The van der Waals surface area contributed by atoms with Crippen molar-refractivity contribution in [1.82, 2.24) is 14.7 Å². The second-order valence-electron chi connectivity index (χ2n) is 5.95. The Morgan fingerprint density at radius 2 is 2.12 bits per heavy atom. The first-order valence-electron chi connectivity index (χ1n) is 7.83. The third-order valence-electron chi connectivity index (χ3n) is 3.84. The quantitative estimate of drug-likeness (QED) is 0.732. The van der Waals surface area contributed by atoms with Gasteiger partial charge in [0, 0.05) is 41.5 Å². The molecule has 0 unspecified atom stereocenters. The standard InChI is InChI=1S/C17H22N4O2S/c1-10(8-22-5)18-17-19-15(9-24-17)14-6-11(2)21(13(14)4)16-7-12(3)23-20-16/h6-7,9-10H,8H2,1-5H3,(H,18,19)/t10-/m1/s1. The average molecular weight is 346 g/mol. The molecule has 0 aliphatic heterocycles. The highest BCUT2D eigenvalue weighted by molar-refractivity contribution is 7.14. The number of aryl methyl sites for hydroxylation is 2. The molecule has 0 saturated carbocycles. The topological polar surface area (TPSA) is 65.1 Å². The fraction of sp³-hybridized carbons (Fsp3) is 0.412. The van der Waals surface area contributed by atoms with Gasteiger partial charge in [0.2, 0.25) is 0 Å².